The lowest BCUT2D eigenvalue weighted by Crippen LogP contribution is -2.23. The highest BCUT2D eigenvalue weighted by Gasteiger charge is 2.33. The summed E-state index contributed by atoms with van der Waals surface area (Å²) < 4.78 is 57.3. The van der Waals surface area contributed by atoms with Crippen molar-refractivity contribution < 1.29 is 22.6 Å². The summed E-state index contributed by atoms with van der Waals surface area (Å²) in [5.74, 6) is 0.946. The molecule has 6 aromatic rings. The molecule has 0 radical (unpaired) electrons. The molecule has 45 heavy (non-hydrogen) atoms. The summed E-state index contributed by atoms with van der Waals surface area (Å²) in [6.07, 6.45) is 3.93. The lowest BCUT2D eigenvalue weighted by molar-refractivity contribution is -0.137. The molecule has 7 rings (SSSR count). The zero-order valence-corrected chi connectivity index (χ0v) is 24.6. The minimum atomic E-state index is -4.55. The smallest absolute Gasteiger partial charge is 0.416 e. The Morgan fingerprint density at radius 1 is 1.07 bits per heavy atom. The van der Waals surface area contributed by atoms with E-state index < -0.39 is 11.7 Å². The number of hydrogen-bond acceptors (Lipinski definition) is 8. The van der Waals surface area contributed by atoms with Crippen LogP contribution in [0.5, 0.6) is 11.5 Å². The van der Waals surface area contributed by atoms with Crippen molar-refractivity contribution in [3.8, 4) is 11.5 Å². The highest BCUT2D eigenvalue weighted by Crippen LogP contribution is 2.39. The van der Waals surface area contributed by atoms with Gasteiger partial charge in [-0.15, -0.1) is 0 Å². The molecule has 4 aromatic heterocycles. The van der Waals surface area contributed by atoms with Gasteiger partial charge in [-0.3, -0.25) is 4.98 Å². The molecule has 0 aliphatic carbocycles. The van der Waals surface area contributed by atoms with Crippen LogP contribution >= 0.6 is 11.6 Å². The van der Waals surface area contributed by atoms with E-state index in [2.05, 4.69) is 25.4 Å². The van der Waals surface area contributed by atoms with Crippen LogP contribution in [0.15, 0.2) is 79.5 Å². The van der Waals surface area contributed by atoms with Crippen LogP contribution in [-0.4, -0.2) is 48.3 Å². The average Bonchev–Trinajstić information content (AvgIpc) is 3.76. The number of pyridine rings is 1. The summed E-state index contributed by atoms with van der Waals surface area (Å²) in [5, 5.41) is 7.51. The molecule has 0 unspecified atom stereocenters. The molecule has 1 aliphatic heterocycles. The second-order valence-electron chi connectivity index (χ2n) is 10.7. The van der Waals surface area contributed by atoms with Crippen LogP contribution in [0.2, 0.25) is 5.02 Å². The third kappa shape index (κ3) is 5.83. The number of imidazole rings is 1. The summed E-state index contributed by atoms with van der Waals surface area (Å²) in [6, 6.07) is 13.7. The van der Waals surface area contributed by atoms with Gasteiger partial charge < -0.3 is 24.3 Å². The monoisotopic (exact) mass is 634 g/mol. The van der Waals surface area contributed by atoms with Crippen molar-refractivity contribution in [1.29, 1.82) is 0 Å². The molecule has 0 saturated carbocycles. The van der Waals surface area contributed by atoms with Crippen LogP contribution in [0.1, 0.15) is 17.5 Å². The molecule has 5 heterocycles. The van der Waals surface area contributed by atoms with Crippen LogP contribution in [-0.2, 0) is 24.6 Å². The Balaban J connectivity index is 1.14. The van der Waals surface area contributed by atoms with Gasteiger partial charge in [-0.1, -0.05) is 41.9 Å². The minimum absolute atomic E-state index is 0.0994. The molecule has 1 saturated heterocycles. The van der Waals surface area contributed by atoms with Crippen molar-refractivity contribution in [2.45, 2.75) is 25.3 Å². The van der Waals surface area contributed by atoms with Gasteiger partial charge in [0, 0.05) is 43.9 Å². The minimum Gasteiger partial charge on any atom is -0.450 e. The molecule has 0 amide bonds. The molecule has 0 spiro atoms. The second kappa shape index (κ2) is 11.6. The Bertz CT molecular complexity index is 2000. The number of hydrogen-bond donors (Lipinski definition) is 1. The lowest BCUT2D eigenvalue weighted by Gasteiger charge is -2.22. The van der Waals surface area contributed by atoms with E-state index in [9.17, 15) is 13.2 Å². The van der Waals surface area contributed by atoms with Gasteiger partial charge in [0.15, 0.2) is 17.1 Å². The normalized spacial score (nSPS) is 15.3. The SMILES string of the molecule is Cn1c(Nc2cc(N3CC[C@H](OCc4ccccc4)C3)cc(C(F)(F)F)c2)nc2ncc(Oc3cnn4ccncc34)c(Cl)c21. The van der Waals surface area contributed by atoms with E-state index in [1.165, 1.54) is 12.4 Å². The first-order chi connectivity index (χ1) is 21.7. The molecule has 1 atom stereocenters. The fourth-order valence-electron chi connectivity index (χ4n) is 5.35. The number of nitrogens with one attached hydrogen (secondary N) is 1. The van der Waals surface area contributed by atoms with E-state index in [-0.39, 0.29) is 28.5 Å². The lowest BCUT2D eigenvalue weighted by atomic mass is 10.1. The molecular weight excluding hydrogens is 609 g/mol. The van der Waals surface area contributed by atoms with Gasteiger partial charge in [-0.25, -0.2) is 9.50 Å². The molecular formula is C31H26ClF3N8O2. The van der Waals surface area contributed by atoms with Gasteiger partial charge in [0.1, 0.15) is 16.1 Å². The largest absolute Gasteiger partial charge is 0.450 e. The zero-order valence-electron chi connectivity index (χ0n) is 23.9. The number of aromatic nitrogens is 6. The highest BCUT2D eigenvalue weighted by atomic mass is 35.5. The maximum atomic E-state index is 14.0. The fourth-order valence-corrected chi connectivity index (χ4v) is 5.65. The van der Waals surface area contributed by atoms with Gasteiger partial charge >= 0.3 is 6.18 Å². The number of halogens is 4. The third-order valence-corrected chi connectivity index (χ3v) is 8.02. The quantitative estimate of drug-likeness (QED) is 0.191. The van der Waals surface area contributed by atoms with E-state index in [0.29, 0.717) is 54.2 Å². The number of rotatable bonds is 8. The Hall–Kier alpha value is -4.88. The first-order valence-corrected chi connectivity index (χ1v) is 14.5. The number of alkyl halides is 3. The second-order valence-corrected chi connectivity index (χ2v) is 11.0. The van der Waals surface area contributed by atoms with Gasteiger partial charge in [0.25, 0.3) is 0 Å². The van der Waals surface area contributed by atoms with Gasteiger partial charge in [0.05, 0.1) is 36.9 Å². The average molecular weight is 635 g/mol. The standard InChI is InChI=1S/C31H26ClF3N8O2/c1-41-28-27(32)26(45-25-16-38-43-10-8-36-14-24(25)43)15-37-29(28)40-30(41)39-21-11-20(31(33,34)35)12-22(13-21)42-9-7-23(17-42)44-18-19-5-3-2-4-6-19/h2-6,8,10-16,23H,7,9,17-18H2,1H3,(H,37,39,40)/t23-/m0/s1. The number of fused-ring (bicyclic) bond motifs is 2. The molecule has 230 valence electrons. The van der Waals surface area contributed by atoms with Crippen LogP contribution in [0.3, 0.4) is 0 Å². The van der Waals surface area contributed by atoms with Crippen molar-refractivity contribution in [3.05, 3.63) is 95.7 Å². The van der Waals surface area contributed by atoms with E-state index in [4.69, 9.17) is 21.1 Å². The van der Waals surface area contributed by atoms with Crippen molar-refractivity contribution >= 4 is 45.6 Å². The maximum Gasteiger partial charge on any atom is 0.416 e. The molecule has 14 heteroatoms. The number of nitrogens with zero attached hydrogens (tertiary/aromatic N) is 7. The fraction of sp³-hybridized carbons (Fsp3) is 0.226. The molecule has 0 bridgehead atoms. The van der Waals surface area contributed by atoms with Crippen molar-refractivity contribution in [3.63, 3.8) is 0 Å². The number of benzene rings is 2. The molecule has 1 N–H and O–H groups in total. The van der Waals surface area contributed by atoms with Gasteiger partial charge in [-0.05, 0) is 30.2 Å². The third-order valence-electron chi connectivity index (χ3n) is 7.65. The zero-order chi connectivity index (χ0) is 31.1. The Morgan fingerprint density at radius 3 is 2.73 bits per heavy atom. The van der Waals surface area contributed by atoms with Crippen molar-refractivity contribution in [1.82, 2.24) is 29.1 Å². The summed E-state index contributed by atoms with van der Waals surface area (Å²) in [5.41, 5.74) is 2.30. The molecule has 1 fully saturated rings. The van der Waals surface area contributed by atoms with Crippen molar-refractivity contribution in [2.24, 2.45) is 7.05 Å². The maximum absolute atomic E-state index is 14.0. The van der Waals surface area contributed by atoms with E-state index in [1.807, 2.05) is 35.2 Å². The first-order valence-electron chi connectivity index (χ1n) is 14.1. The van der Waals surface area contributed by atoms with Gasteiger partial charge in [-0.2, -0.15) is 23.3 Å². The van der Waals surface area contributed by atoms with Crippen molar-refractivity contribution in [2.75, 3.05) is 23.3 Å². The van der Waals surface area contributed by atoms with E-state index >= 15 is 0 Å². The number of aryl methyl sites for hydroxylation is 1. The van der Waals surface area contributed by atoms with Gasteiger partial charge in [0.2, 0.25) is 5.95 Å². The molecule has 1 aliphatic rings. The van der Waals surface area contributed by atoms with Crippen LogP contribution in [0.4, 0.5) is 30.5 Å². The predicted molar refractivity (Wildman–Crippen MR) is 163 cm³/mol. The van der Waals surface area contributed by atoms with Crippen LogP contribution < -0.4 is 15.0 Å². The summed E-state index contributed by atoms with van der Waals surface area (Å²) in [4.78, 5) is 14.9. The number of anilines is 3. The molecule has 2 aromatic carbocycles. The predicted octanol–water partition coefficient (Wildman–Crippen LogP) is 7.01. The summed E-state index contributed by atoms with van der Waals surface area (Å²) >= 11 is 6.74. The highest BCUT2D eigenvalue weighted by molar-refractivity contribution is 6.36. The Morgan fingerprint density at radius 2 is 1.91 bits per heavy atom. The molecule has 10 nitrogen and oxygen atoms in total. The topological polar surface area (TPSA) is 94.6 Å². The summed E-state index contributed by atoms with van der Waals surface area (Å²) in [6.45, 7) is 1.49. The Kier molecular flexibility index (Phi) is 7.42. The van der Waals surface area contributed by atoms with Crippen LogP contribution in [0, 0.1) is 0 Å². The Labute approximate surface area is 260 Å². The summed E-state index contributed by atoms with van der Waals surface area (Å²) in [7, 11) is 1.69. The number of ether oxygens (including phenoxy) is 2. The van der Waals surface area contributed by atoms with E-state index in [1.54, 1.807) is 40.8 Å². The first kappa shape index (κ1) is 28.9. The van der Waals surface area contributed by atoms with Crippen LogP contribution in [0.25, 0.3) is 16.7 Å². The van der Waals surface area contributed by atoms with E-state index in [0.717, 1.165) is 17.7 Å².